The summed E-state index contributed by atoms with van der Waals surface area (Å²) in [5.74, 6) is 0. The fourth-order valence-corrected chi connectivity index (χ4v) is 3.10. The third-order valence-electron chi connectivity index (χ3n) is 2.24. The van der Waals surface area contributed by atoms with E-state index in [2.05, 4.69) is 16.0 Å². The van der Waals surface area contributed by atoms with E-state index in [1.807, 2.05) is 23.6 Å². The van der Waals surface area contributed by atoms with E-state index in [-0.39, 0.29) is 0 Å². The molecule has 3 aromatic rings. The maximum absolute atomic E-state index is 5.60. The lowest BCUT2D eigenvalue weighted by molar-refractivity contribution is 1.09. The van der Waals surface area contributed by atoms with Crippen LogP contribution in [0.15, 0.2) is 29.6 Å². The Balaban J connectivity index is 1.95. The first-order chi connectivity index (χ1) is 7.81. The van der Waals surface area contributed by atoms with E-state index in [1.165, 1.54) is 16.0 Å². The first kappa shape index (κ1) is 9.74. The van der Waals surface area contributed by atoms with Crippen LogP contribution in [0.3, 0.4) is 0 Å². The molecule has 0 aliphatic heterocycles. The second-order valence-corrected chi connectivity index (χ2v) is 5.43. The van der Waals surface area contributed by atoms with Crippen LogP contribution in [0.2, 0.25) is 0 Å². The number of fused-ring (bicyclic) bond motifs is 1. The summed E-state index contributed by atoms with van der Waals surface area (Å²) < 4.78 is 1.22. The Morgan fingerprint density at radius 1 is 1.19 bits per heavy atom. The molecule has 0 aliphatic rings. The molecule has 2 aromatic heterocycles. The largest absolute Gasteiger partial charge is 0.375 e. The van der Waals surface area contributed by atoms with Gasteiger partial charge in [-0.3, -0.25) is 0 Å². The topological polar surface area (TPSA) is 51.8 Å². The van der Waals surface area contributed by atoms with Crippen LogP contribution >= 0.6 is 22.7 Å². The van der Waals surface area contributed by atoms with Gasteiger partial charge in [-0.15, -0.1) is 22.7 Å². The zero-order valence-corrected chi connectivity index (χ0v) is 10.0. The standard InChI is InChI=1S/C11H9N3S2/c12-11-13-7(6-15-11)5-10-14-8-3-1-2-4-9(8)16-10/h1-4,6H,5H2,(H2,12,13). The monoisotopic (exact) mass is 247 g/mol. The highest BCUT2D eigenvalue weighted by Crippen LogP contribution is 2.24. The van der Waals surface area contributed by atoms with Crippen LogP contribution in [0.5, 0.6) is 0 Å². The van der Waals surface area contributed by atoms with Crippen LogP contribution in [0, 0.1) is 0 Å². The predicted molar refractivity (Wildman–Crippen MR) is 69.0 cm³/mol. The van der Waals surface area contributed by atoms with Gasteiger partial charge < -0.3 is 5.73 Å². The average Bonchev–Trinajstić information content (AvgIpc) is 2.84. The van der Waals surface area contributed by atoms with E-state index < -0.39 is 0 Å². The molecule has 0 unspecified atom stereocenters. The van der Waals surface area contributed by atoms with Gasteiger partial charge in [0.15, 0.2) is 5.13 Å². The molecule has 0 saturated heterocycles. The highest BCUT2D eigenvalue weighted by atomic mass is 32.1. The molecule has 80 valence electrons. The number of hydrogen-bond donors (Lipinski definition) is 1. The SMILES string of the molecule is Nc1nc(Cc2nc3ccccc3s2)cs1. The molecular weight excluding hydrogens is 238 g/mol. The van der Waals surface area contributed by atoms with Crippen LogP contribution in [0.25, 0.3) is 10.2 Å². The summed E-state index contributed by atoms with van der Waals surface area (Å²) in [6.45, 7) is 0. The molecule has 0 fully saturated rings. The Bertz CT molecular complexity index is 594. The Morgan fingerprint density at radius 3 is 2.81 bits per heavy atom. The highest BCUT2D eigenvalue weighted by molar-refractivity contribution is 7.18. The number of para-hydroxylation sites is 1. The molecule has 5 heteroatoms. The second kappa shape index (κ2) is 3.84. The summed E-state index contributed by atoms with van der Waals surface area (Å²) in [5, 5.41) is 3.70. The van der Waals surface area contributed by atoms with Crippen LogP contribution < -0.4 is 5.73 Å². The molecule has 0 spiro atoms. The van der Waals surface area contributed by atoms with Gasteiger partial charge in [0.25, 0.3) is 0 Å². The normalized spacial score (nSPS) is 11.0. The number of hydrogen-bond acceptors (Lipinski definition) is 5. The molecule has 2 N–H and O–H groups in total. The minimum Gasteiger partial charge on any atom is -0.375 e. The lowest BCUT2D eigenvalue weighted by Gasteiger charge is -1.88. The summed E-state index contributed by atoms with van der Waals surface area (Å²) in [5.41, 5.74) is 7.66. The Morgan fingerprint density at radius 2 is 2.06 bits per heavy atom. The number of anilines is 1. The number of rotatable bonds is 2. The molecule has 0 saturated carbocycles. The van der Waals surface area contributed by atoms with Crippen molar-refractivity contribution >= 4 is 38.0 Å². The second-order valence-electron chi connectivity index (χ2n) is 3.43. The van der Waals surface area contributed by atoms with E-state index in [9.17, 15) is 0 Å². The summed E-state index contributed by atoms with van der Waals surface area (Å²) in [4.78, 5) is 8.80. The van der Waals surface area contributed by atoms with Gasteiger partial charge in [0.2, 0.25) is 0 Å². The van der Waals surface area contributed by atoms with E-state index in [4.69, 9.17) is 5.73 Å². The van der Waals surface area contributed by atoms with Crippen molar-refractivity contribution in [1.82, 2.24) is 9.97 Å². The highest BCUT2D eigenvalue weighted by Gasteiger charge is 2.06. The molecule has 0 aliphatic carbocycles. The van der Waals surface area contributed by atoms with Crippen molar-refractivity contribution in [2.45, 2.75) is 6.42 Å². The quantitative estimate of drug-likeness (QED) is 0.757. The number of aromatic nitrogens is 2. The number of nitrogens with zero attached hydrogens (tertiary/aromatic N) is 2. The van der Waals surface area contributed by atoms with Crippen molar-refractivity contribution in [1.29, 1.82) is 0 Å². The Kier molecular flexibility index (Phi) is 2.34. The molecule has 0 bridgehead atoms. The van der Waals surface area contributed by atoms with Crippen molar-refractivity contribution in [3.05, 3.63) is 40.3 Å². The molecule has 3 nitrogen and oxygen atoms in total. The van der Waals surface area contributed by atoms with Crippen molar-refractivity contribution in [3.63, 3.8) is 0 Å². The molecule has 16 heavy (non-hydrogen) atoms. The van der Waals surface area contributed by atoms with Crippen molar-refractivity contribution in [2.24, 2.45) is 0 Å². The van der Waals surface area contributed by atoms with E-state index >= 15 is 0 Å². The first-order valence-electron chi connectivity index (χ1n) is 4.85. The zero-order valence-electron chi connectivity index (χ0n) is 8.38. The Labute approximate surface area is 101 Å². The van der Waals surface area contributed by atoms with E-state index in [1.54, 1.807) is 11.3 Å². The molecule has 0 atom stereocenters. The maximum atomic E-state index is 5.60. The average molecular weight is 247 g/mol. The van der Waals surface area contributed by atoms with Gasteiger partial charge in [0.1, 0.15) is 0 Å². The first-order valence-corrected chi connectivity index (χ1v) is 6.55. The summed E-state index contributed by atoms with van der Waals surface area (Å²) in [7, 11) is 0. The van der Waals surface area contributed by atoms with Gasteiger partial charge in [-0.2, -0.15) is 0 Å². The lowest BCUT2D eigenvalue weighted by atomic mass is 10.3. The zero-order chi connectivity index (χ0) is 11.0. The fourth-order valence-electron chi connectivity index (χ4n) is 1.55. The smallest absolute Gasteiger partial charge is 0.180 e. The van der Waals surface area contributed by atoms with Gasteiger partial charge >= 0.3 is 0 Å². The minimum atomic E-state index is 0.621. The van der Waals surface area contributed by atoms with Gasteiger partial charge in [0.05, 0.1) is 20.9 Å². The summed E-state index contributed by atoms with van der Waals surface area (Å²) in [6.07, 6.45) is 0.771. The molecule has 1 aromatic carbocycles. The van der Waals surface area contributed by atoms with Crippen molar-refractivity contribution in [3.8, 4) is 0 Å². The number of benzene rings is 1. The van der Waals surface area contributed by atoms with E-state index in [0.717, 1.165) is 22.6 Å². The number of nitrogens with two attached hydrogens (primary N) is 1. The van der Waals surface area contributed by atoms with E-state index in [0.29, 0.717) is 5.13 Å². The van der Waals surface area contributed by atoms with Gasteiger partial charge in [-0.25, -0.2) is 9.97 Å². The number of nitrogen functional groups attached to an aromatic ring is 1. The fraction of sp³-hybridized carbons (Fsp3) is 0.0909. The van der Waals surface area contributed by atoms with Gasteiger partial charge in [-0.1, -0.05) is 12.1 Å². The molecule has 3 rings (SSSR count). The van der Waals surface area contributed by atoms with Crippen molar-refractivity contribution < 1.29 is 0 Å². The lowest BCUT2D eigenvalue weighted by Crippen LogP contribution is -1.88. The molecule has 0 amide bonds. The van der Waals surface area contributed by atoms with Gasteiger partial charge in [0, 0.05) is 11.8 Å². The van der Waals surface area contributed by atoms with Crippen LogP contribution in [-0.2, 0) is 6.42 Å². The van der Waals surface area contributed by atoms with Crippen LogP contribution in [0.1, 0.15) is 10.7 Å². The summed E-state index contributed by atoms with van der Waals surface area (Å²) in [6, 6.07) is 8.16. The van der Waals surface area contributed by atoms with Crippen LogP contribution in [0.4, 0.5) is 5.13 Å². The van der Waals surface area contributed by atoms with Crippen LogP contribution in [-0.4, -0.2) is 9.97 Å². The minimum absolute atomic E-state index is 0.621. The number of thiazole rings is 2. The van der Waals surface area contributed by atoms with Gasteiger partial charge in [-0.05, 0) is 12.1 Å². The summed E-state index contributed by atoms with van der Waals surface area (Å²) >= 11 is 3.19. The predicted octanol–water partition coefficient (Wildman–Crippen LogP) is 2.93. The molecular formula is C11H9N3S2. The molecule has 0 radical (unpaired) electrons. The Hall–Kier alpha value is -1.46. The molecule has 2 heterocycles. The van der Waals surface area contributed by atoms with Crippen molar-refractivity contribution in [2.75, 3.05) is 5.73 Å². The maximum Gasteiger partial charge on any atom is 0.180 e. The third-order valence-corrected chi connectivity index (χ3v) is 4.00. The third kappa shape index (κ3) is 1.79.